The van der Waals surface area contributed by atoms with Gasteiger partial charge in [-0.2, -0.15) is 0 Å². The highest BCUT2D eigenvalue weighted by molar-refractivity contribution is 6.19. The minimum absolute atomic E-state index is 0.0160. The van der Waals surface area contributed by atoms with E-state index in [1.807, 2.05) is 97.1 Å². The maximum Gasteiger partial charge on any atom is 0.143 e. The largest absolute Gasteiger partial charge is 0.455 e. The normalized spacial score (nSPS) is 13.9. The van der Waals surface area contributed by atoms with E-state index in [1.165, 1.54) is 0 Å². The van der Waals surface area contributed by atoms with Crippen LogP contribution < -0.4 is 4.90 Å². The zero-order valence-electron chi connectivity index (χ0n) is 36.7. The van der Waals surface area contributed by atoms with Crippen molar-refractivity contribution in [2.24, 2.45) is 0 Å². The monoisotopic (exact) mass is 672 g/mol. The molecule has 0 fully saturated rings. The van der Waals surface area contributed by atoms with Crippen LogP contribution in [0.3, 0.4) is 0 Å². The first-order chi connectivity index (χ1) is 29.5. The van der Waals surface area contributed by atoms with Crippen molar-refractivity contribution < 1.29 is 16.8 Å². The van der Waals surface area contributed by atoms with Gasteiger partial charge < -0.3 is 9.32 Å². The number of hydrogen-bond donors (Lipinski definition) is 0. The third-order valence-corrected chi connectivity index (χ3v) is 9.61. The number of rotatable bonds is 6. The summed E-state index contributed by atoms with van der Waals surface area (Å²) in [5, 5.41) is 2.17. The Labute approximate surface area is 315 Å². The molecular weight excluding hydrogens is 631 g/mol. The van der Waals surface area contributed by atoms with E-state index >= 15 is 0 Å². The molecule has 2 heteroatoms. The molecule has 0 spiro atoms. The minimum Gasteiger partial charge on any atom is -0.455 e. The van der Waals surface area contributed by atoms with Crippen LogP contribution in [-0.4, -0.2) is 0 Å². The fraction of sp³-hybridized carbons (Fsp3) is 0. The van der Waals surface area contributed by atoms with Gasteiger partial charge in [-0.25, -0.2) is 0 Å². The van der Waals surface area contributed by atoms with E-state index in [2.05, 4.69) is 48.5 Å². The number of fused-ring (bicyclic) bond motifs is 6. The molecule has 0 radical (unpaired) electrons. The summed E-state index contributed by atoms with van der Waals surface area (Å²) in [6.45, 7) is 0. The number of furan rings is 1. The van der Waals surface area contributed by atoms with E-state index < -0.39 is 42.3 Å². The van der Waals surface area contributed by atoms with Crippen LogP contribution >= 0.6 is 0 Å². The molecule has 244 valence electrons. The predicted octanol–water partition coefficient (Wildman–Crippen LogP) is 14.4. The van der Waals surface area contributed by atoms with Gasteiger partial charge in [0.15, 0.2) is 0 Å². The quantitative estimate of drug-likeness (QED) is 0.175. The highest BCUT2D eigenvalue weighted by Crippen LogP contribution is 2.45. The Morgan fingerprint density at radius 2 is 1.08 bits per heavy atom. The van der Waals surface area contributed by atoms with E-state index in [0.717, 1.165) is 44.2 Å². The van der Waals surface area contributed by atoms with Gasteiger partial charge in [-0.05, 0) is 98.0 Å². The summed E-state index contributed by atoms with van der Waals surface area (Å²) in [6.07, 6.45) is 0. The van der Waals surface area contributed by atoms with Crippen molar-refractivity contribution in [3.05, 3.63) is 200 Å². The topological polar surface area (TPSA) is 16.4 Å². The van der Waals surface area contributed by atoms with E-state index in [4.69, 9.17) is 14.0 Å². The summed E-state index contributed by atoms with van der Waals surface area (Å²) in [4.78, 5) is 1.79. The van der Waals surface area contributed by atoms with Crippen LogP contribution in [0.4, 0.5) is 17.1 Å². The first-order valence-electron chi connectivity index (χ1n) is 21.5. The zero-order chi connectivity index (χ0) is 42.3. The summed E-state index contributed by atoms with van der Waals surface area (Å²) in [6, 6.07) is 44.4. The highest BCUT2D eigenvalue weighted by Gasteiger charge is 2.20. The Morgan fingerprint density at radius 3 is 1.90 bits per heavy atom. The zero-order valence-corrected chi connectivity index (χ0v) is 27.7. The van der Waals surface area contributed by atoms with Gasteiger partial charge >= 0.3 is 0 Å². The van der Waals surface area contributed by atoms with Crippen LogP contribution in [0.1, 0.15) is 12.3 Å². The molecule has 2 nitrogen and oxygen atoms in total. The van der Waals surface area contributed by atoms with E-state index in [9.17, 15) is 2.74 Å². The van der Waals surface area contributed by atoms with Gasteiger partial charge in [-0.1, -0.05) is 152 Å². The summed E-state index contributed by atoms with van der Waals surface area (Å²) >= 11 is 0. The first-order valence-corrected chi connectivity index (χ1v) is 17.0. The van der Waals surface area contributed by atoms with E-state index in [0.29, 0.717) is 11.4 Å². The summed E-state index contributed by atoms with van der Waals surface area (Å²) < 4.78 is 86.4. The molecule has 0 atom stereocenters. The highest BCUT2D eigenvalue weighted by atomic mass is 16.3. The lowest BCUT2D eigenvalue weighted by atomic mass is 9.95. The Kier molecular flexibility index (Phi) is 5.28. The minimum atomic E-state index is -0.543. The van der Waals surface area contributed by atoms with Gasteiger partial charge in [-0.3, -0.25) is 0 Å². The molecule has 0 aliphatic carbocycles. The van der Waals surface area contributed by atoms with E-state index in [1.54, 1.807) is 4.90 Å². The van der Waals surface area contributed by atoms with Crippen molar-refractivity contribution in [1.29, 1.82) is 0 Å². The standard InChI is InChI=1S/C50H33NO/c1-2-11-34(12-3-1)35-23-28-41(29-24-35)51(47-21-10-22-48-49(47)46-32-27-38-14-5-7-19-45(38)50(46)52-48)42-30-25-36(26-31-42)39-16-8-17-40(33-39)44-20-9-15-37-13-4-6-18-43(37)44/h1-33H/i5D,7D,10D,14D,19D,21D,22D,27D,32D. The third kappa shape index (κ3) is 5.12. The van der Waals surface area contributed by atoms with Crippen LogP contribution in [0.25, 0.3) is 76.9 Å². The summed E-state index contributed by atoms with van der Waals surface area (Å²) in [5.74, 6) is 0. The predicted molar refractivity (Wildman–Crippen MR) is 220 cm³/mol. The number of hydrogen-bond acceptors (Lipinski definition) is 2. The van der Waals surface area contributed by atoms with Crippen LogP contribution in [-0.2, 0) is 0 Å². The first kappa shape index (κ1) is 22.0. The molecule has 1 heterocycles. The lowest BCUT2D eigenvalue weighted by molar-refractivity contribution is 0.672. The maximum atomic E-state index is 9.48. The average Bonchev–Trinajstić information content (AvgIpc) is 3.70. The Balaban J connectivity index is 1.21. The van der Waals surface area contributed by atoms with Crippen molar-refractivity contribution in [2.75, 3.05) is 4.90 Å². The van der Waals surface area contributed by atoms with Crippen molar-refractivity contribution in [2.45, 2.75) is 0 Å². The second-order valence-corrected chi connectivity index (χ2v) is 12.6. The van der Waals surface area contributed by atoms with E-state index in [-0.39, 0.29) is 50.5 Å². The van der Waals surface area contributed by atoms with Gasteiger partial charge in [0, 0.05) is 22.1 Å². The summed E-state index contributed by atoms with van der Waals surface area (Å²) in [5.41, 5.74) is 7.16. The van der Waals surface area contributed by atoms with Crippen LogP contribution in [0.15, 0.2) is 204 Å². The molecule has 0 aliphatic heterocycles. The maximum absolute atomic E-state index is 9.48. The second kappa shape index (κ2) is 12.5. The molecule has 52 heavy (non-hydrogen) atoms. The fourth-order valence-corrected chi connectivity index (χ4v) is 7.11. The molecule has 10 rings (SSSR count). The number of anilines is 3. The van der Waals surface area contributed by atoms with Gasteiger partial charge in [0.25, 0.3) is 0 Å². The SMILES string of the molecule is [2H]c1c([2H])c(N(c2ccc(-c3ccccc3)cc2)c2ccc(-c3cccc(-c4cccc5ccccc45)c3)cc2)c2c(oc3c4c([2H])c([2H])c([2H])c([2H])c4c([2H])c([2H])c32)c1[2H]. The van der Waals surface area contributed by atoms with Gasteiger partial charge in [0.2, 0.25) is 0 Å². The van der Waals surface area contributed by atoms with Gasteiger partial charge in [0.1, 0.15) is 11.2 Å². The van der Waals surface area contributed by atoms with Crippen molar-refractivity contribution in [1.82, 2.24) is 0 Å². The molecule has 0 amide bonds. The lowest BCUT2D eigenvalue weighted by Crippen LogP contribution is -2.10. The molecule has 0 unspecified atom stereocenters. The third-order valence-electron chi connectivity index (χ3n) is 9.61. The van der Waals surface area contributed by atoms with Crippen LogP contribution in [0, 0.1) is 0 Å². The van der Waals surface area contributed by atoms with Crippen LogP contribution in [0.5, 0.6) is 0 Å². The molecule has 0 N–H and O–H groups in total. The molecular formula is C50H33NO. The summed E-state index contributed by atoms with van der Waals surface area (Å²) in [7, 11) is 0. The molecule has 10 aromatic rings. The molecule has 9 aromatic carbocycles. The fourth-order valence-electron chi connectivity index (χ4n) is 7.11. The van der Waals surface area contributed by atoms with Crippen molar-refractivity contribution in [3.8, 4) is 33.4 Å². The lowest BCUT2D eigenvalue weighted by Gasteiger charge is -2.26. The Hall–Kier alpha value is -6.90. The van der Waals surface area contributed by atoms with Gasteiger partial charge in [-0.15, -0.1) is 0 Å². The molecule has 0 aliphatic rings. The second-order valence-electron chi connectivity index (χ2n) is 12.6. The smallest absolute Gasteiger partial charge is 0.143 e. The Bertz CT molecular complexity index is 3400. The molecule has 0 saturated carbocycles. The average molecular weight is 673 g/mol. The Morgan fingerprint density at radius 1 is 0.423 bits per heavy atom. The molecule has 0 saturated heterocycles. The van der Waals surface area contributed by atoms with Gasteiger partial charge in [0.05, 0.1) is 23.4 Å². The molecule has 1 aromatic heterocycles. The van der Waals surface area contributed by atoms with Crippen molar-refractivity contribution >= 4 is 60.5 Å². The van der Waals surface area contributed by atoms with Crippen molar-refractivity contribution in [3.63, 3.8) is 0 Å². The number of benzene rings is 9. The molecule has 0 bridgehead atoms. The number of nitrogens with zero attached hydrogens (tertiary/aromatic N) is 1. The van der Waals surface area contributed by atoms with Crippen LogP contribution in [0.2, 0.25) is 0 Å².